The fourth-order valence-electron chi connectivity index (χ4n) is 4.39. The molecule has 10 heteroatoms. The van der Waals surface area contributed by atoms with Gasteiger partial charge in [0, 0.05) is 56.0 Å². The molecule has 1 saturated carbocycles. The van der Waals surface area contributed by atoms with Crippen LogP contribution in [0.25, 0.3) is 0 Å². The maximum absolute atomic E-state index is 13.1. The average Bonchev–Trinajstić information content (AvgIpc) is 3.70. The molecule has 2 aliphatic rings. The first-order valence-corrected chi connectivity index (χ1v) is 13.0. The standard InChI is InChI=1S/C28H28ClFN6O2/c1-19-16-21(3-2-20-4-8-23(30)9-5-20)17-31-26(19)33-27(37)25-24(29)18-32-36(25)15-12-34-10-13-35(14-11-34)28(38)22-6-7-22/h4-5,8-9,16-18,22H,6-7,10-15H2,1H3,(H,31,33,37). The van der Waals surface area contributed by atoms with Gasteiger partial charge in [0.25, 0.3) is 5.91 Å². The molecule has 3 aromatic rings. The Balaban J connectivity index is 1.18. The van der Waals surface area contributed by atoms with Crippen molar-refractivity contribution in [2.24, 2.45) is 5.92 Å². The van der Waals surface area contributed by atoms with Crippen molar-refractivity contribution in [1.82, 2.24) is 24.6 Å². The average molecular weight is 535 g/mol. The number of carbonyl (C=O) groups is 2. The Bertz CT molecular complexity index is 1400. The molecule has 2 aromatic heterocycles. The molecule has 1 aliphatic heterocycles. The number of aromatic nitrogens is 3. The van der Waals surface area contributed by atoms with Crippen LogP contribution in [0, 0.1) is 30.5 Å². The SMILES string of the molecule is Cc1cc(C#Cc2ccc(F)cc2)cnc1NC(=O)c1c(Cl)cnn1CCN1CCN(C(=O)C2CC2)CC1. The number of benzene rings is 1. The zero-order chi connectivity index (χ0) is 26.6. The van der Waals surface area contributed by atoms with Gasteiger partial charge < -0.3 is 10.2 Å². The number of amides is 2. The molecule has 2 amide bonds. The van der Waals surface area contributed by atoms with E-state index in [1.807, 2.05) is 17.9 Å². The minimum absolute atomic E-state index is 0.248. The Hall–Kier alpha value is -3.74. The van der Waals surface area contributed by atoms with Gasteiger partial charge in [0.15, 0.2) is 0 Å². The predicted molar refractivity (Wildman–Crippen MR) is 142 cm³/mol. The van der Waals surface area contributed by atoms with Crippen molar-refractivity contribution in [3.05, 3.63) is 75.9 Å². The maximum atomic E-state index is 13.1. The molecular formula is C28H28ClFN6O2. The van der Waals surface area contributed by atoms with Crippen LogP contribution in [0.15, 0.2) is 42.7 Å². The topological polar surface area (TPSA) is 83.4 Å². The summed E-state index contributed by atoms with van der Waals surface area (Å²) in [6, 6.07) is 7.77. The van der Waals surface area contributed by atoms with Crippen LogP contribution in [0.2, 0.25) is 5.02 Å². The minimum atomic E-state index is -0.395. The van der Waals surface area contributed by atoms with Gasteiger partial charge in [0.05, 0.1) is 17.8 Å². The molecular weight excluding hydrogens is 507 g/mol. The Labute approximate surface area is 225 Å². The molecule has 3 heterocycles. The van der Waals surface area contributed by atoms with Crippen molar-refractivity contribution < 1.29 is 14.0 Å². The highest BCUT2D eigenvalue weighted by molar-refractivity contribution is 6.34. The summed E-state index contributed by atoms with van der Waals surface area (Å²) in [6.07, 6.45) is 5.09. The van der Waals surface area contributed by atoms with Crippen molar-refractivity contribution in [1.29, 1.82) is 0 Å². The number of nitrogens with zero attached hydrogens (tertiary/aromatic N) is 5. The highest BCUT2D eigenvalue weighted by Crippen LogP contribution is 2.31. The fraction of sp³-hybridized carbons (Fsp3) is 0.357. The van der Waals surface area contributed by atoms with Gasteiger partial charge >= 0.3 is 0 Å². The summed E-state index contributed by atoms with van der Waals surface area (Å²) in [6.45, 7) is 6.09. The molecule has 1 N–H and O–H groups in total. The highest BCUT2D eigenvalue weighted by Gasteiger charge is 2.34. The fourth-order valence-corrected chi connectivity index (χ4v) is 4.62. The molecule has 1 aromatic carbocycles. The first kappa shape index (κ1) is 25.9. The predicted octanol–water partition coefficient (Wildman–Crippen LogP) is 3.59. The second-order valence-electron chi connectivity index (χ2n) is 9.61. The Kier molecular flexibility index (Phi) is 7.72. The molecule has 0 spiro atoms. The number of anilines is 1. The number of hydrogen-bond acceptors (Lipinski definition) is 5. The molecule has 38 heavy (non-hydrogen) atoms. The molecule has 196 valence electrons. The number of piperazine rings is 1. The van der Waals surface area contributed by atoms with Gasteiger partial charge in [-0.05, 0) is 55.7 Å². The first-order chi connectivity index (χ1) is 18.4. The number of hydrogen-bond donors (Lipinski definition) is 1. The van der Waals surface area contributed by atoms with Crippen molar-refractivity contribution >= 4 is 29.2 Å². The van der Waals surface area contributed by atoms with Gasteiger partial charge in [-0.1, -0.05) is 23.4 Å². The van der Waals surface area contributed by atoms with Crippen LogP contribution in [-0.4, -0.2) is 69.1 Å². The van der Waals surface area contributed by atoms with Gasteiger partial charge in [-0.3, -0.25) is 19.2 Å². The number of aryl methyl sites for hydroxylation is 1. The Morgan fingerprint density at radius 3 is 2.45 bits per heavy atom. The van der Waals surface area contributed by atoms with E-state index < -0.39 is 5.91 Å². The summed E-state index contributed by atoms with van der Waals surface area (Å²) in [4.78, 5) is 34.0. The minimum Gasteiger partial charge on any atom is -0.340 e. The molecule has 0 unspecified atom stereocenters. The lowest BCUT2D eigenvalue weighted by Gasteiger charge is -2.34. The molecule has 5 rings (SSSR count). The van der Waals surface area contributed by atoms with E-state index in [4.69, 9.17) is 11.6 Å². The van der Waals surface area contributed by atoms with Gasteiger partial charge in [0.2, 0.25) is 5.91 Å². The van der Waals surface area contributed by atoms with Crippen LogP contribution in [0.1, 0.15) is 40.0 Å². The van der Waals surface area contributed by atoms with E-state index in [0.717, 1.165) is 44.6 Å². The van der Waals surface area contributed by atoms with Gasteiger partial charge in [-0.15, -0.1) is 0 Å². The van der Waals surface area contributed by atoms with E-state index in [9.17, 15) is 14.0 Å². The largest absolute Gasteiger partial charge is 0.340 e. The lowest BCUT2D eigenvalue weighted by atomic mass is 10.1. The Morgan fingerprint density at radius 1 is 1.05 bits per heavy atom. The smallest absolute Gasteiger partial charge is 0.276 e. The monoisotopic (exact) mass is 534 g/mol. The number of rotatable bonds is 6. The van der Waals surface area contributed by atoms with Crippen molar-refractivity contribution in [2.45, 2.75) is 26.3 Å². The van der Waals surface area contributed by atoms with E-state index in [-0.39, 0.29) is 22.5 Å². The number of carbonyl (C=O) groups excluding carboxylic acids is 2. The molecule has 1 aliphatic carbocycles. The molecule has 8 nitrogen and oxygen atoms in total. The van der Waals surface area contributed by atoms with E-state index >= 15 is 0 Å². The second-order valence-corrected chi connectivity index (χ2v) is 10.0. The van der Waals surface area contributed by atoms with Gasteiger partial charge in [-0.25, -0.2) is 9.37 Å². The molecule has 0 bridgehead atoms. The zero-order valence-corrected chi connectivity index (χ0v) is 21.8. The molecule has 0 atom stereocenters. The Morgan fingerprint density at radius 2 is 1.76 bits per heavy atom. The normalized spacial score (nSPS) is 15.6. The third-order valence-corrected chi connectivity index (χ3v) is 7.03. The van der Waals surface area contributed by atoms with Crippen LogP contribution < -0.4 is 5.32 Å². The summed E-state index contributed by atoms with van der Waals surface area (Å²) in [5.74, 6) is 6.21. The van der Waals surface area contributed by atoms with Crippen molar-refractivity contribution in [3.63, 3.8) is 0 Å². The first-order valence-electron chi connectivity index (χ1n) is 12.7. The van der Waals surface area contributed by atoms with Crippen molar-refractivity contribution in [3.8, 4) is 11.8 Å². The summed E-state index contributed by atoms with van der Waals surface area (Å²) in [5.41, 5.74) is 2.38. The van der Waals surface area contributed by atoms with Gasteiger partial charge in [-0.2, -0.15) is 5.10 Å². The number of halogens is 2. The van der Waals surface area contributed by atoms with Crippen LogP contribution in [0.4, 0.5) is 10.2 Å². The van der Waals surface area contributed by atoms with Crippen LogP contribution in [0.5, 0.6) is 0 Å². The third kappa shape index (κ3) is 6.21. The maximum Gasteiger partial charge on any atom is 0.276 e. The molecule has 0 radical (unpaired) electrons. The quantitative estimate of drug-likeness (QED) is 0.489. The van der Waals surface area contributed by atoms with Crippen LogP contribution in [-0.2, 0) is 11.3 Å². The highest BCUT2D eigenvalue weighted by atomic mass is 35.5. The van der Waals surface area contributed by atoms with E-state index in [1.165, 1.54) is 18.3 Å². The van der Waals surface area contributed by atoms with Gasteiger partial charge in [0.1, 0.15) is 17.3 Å². The lowest BCUT2D eigenvalue weighted by molar-refractivity contribution is -0.134. The molecule has 2 fully saturated rings. The zero-order valence-electron chi connectivity index (χ0n) is 21.1. The second kappa shape index (κ2) is 11.3. The van der Waals surface area contributed by atoms with E-state index in [1.54, 1.807) is 23.0 Å². The summed E-state index contributed by atoms with van der Waals surface area (Å²) >= 11 is 6.33. The van der Waals surface area contributed by atoms with E-state index in [2.05, 4.69) is 32.1 Å². The van der Waals surface area contributed by atoms with Crippen molar-refractivity contribution in [2.75, 3.05) is 38.0 Å². The summed E-state index contributed by atoms with van der Waals surface area (Å²) in [7, 11) is 0. The lowest BCUT2D eigenvalue weighted by Crippen LogP contribution is -2.49. The third-order valence-electron chi connectivity index (χ3n) is 6.75. The summed E-state index contributed by atoms with van der Waals surface area (Å²) in [5, 5.41) is 7.40. The van der Waals surface area contributed by atoms with Crippen LogP contribution >= 0.6 is 11.6 Å². The number of pyridine rings is 1. The van der Waals surface area contributed by atoms with Crippen LogP contribution in [0.3, 0.4) is 0 Å². The summed E-state index contributed by atoms with van der Waals surface area (Å²) < 4.78 is 14.7. The van der Waals surface area contributed by atoms with E-state index in [0.29, 0.717) is 35.9 Å². The number of nitrogens with one attached hydrogen (secondary N) is 1. The molecule has 1 saturated heterocycles.